The van der Waals surface area contributed by atoms with Crippen molar-refractivity contribution in [3.63, 3.8) is 0 Å². The first-order valence-corrected chi connectivity index (χ1v) is 11.1. The number of piperidine rings is 1. The molecule has 1 amide bonds. The topological polar surface area (TPSA) is 84.9 Å². The Hall–Kier alpha value is -2.58. The highest BCUT2D eigenvalue weighted by Gasteiger charge is 2.33. The van der Waals surface area contributed by atoms with Crippen molar-refractivity contribution in [1.29, 1.82) is 0 Å². The lowest BCUT2D eigenvalue weighted by molar-refractivity contribution is -0.120. The molecule has 8 heteroatoms. The summed E-state index contributed by atoms with van der Waals surface area (Å²) in [4.78, 5) is 12.9. The summed E-state index contributed by atoms with van der Waals surface area (Å²) >= 11 is 0. The van der Waals surface area contributed by atoms with E-state index in [-0.39, 0.29) is 17.3 Å². The van der Waals surface area contributed by atoms with Gasteiger partial charge >= 0.3 is 0 Å². The molecule has 1 aliphatic heterocycles. The lowest BCUT2D eigenvalue weighted by Crippen LogP contribution is -2.43. The third-order valence-corrected chi connectivity index (χ3v) is 6.74. The number of hydrogen-bond donors (Lipinski definition) is 1. The Morgan fingerprint density at radius 1 is 1.17 bits per heavy atom. The van der Waals surface area contributed by atoms with Gasteiger partial charge in [0.2, 0.25) is 15.9 Å². The fourth-order valence-electron chi connectivity index (χ4n) is 3.34. The van der Waals surface area contributed by atoms with Crippen LogP contribution in [0.2, 0.25) is 0 Å². The number of sulfonamides is 1. The molecule has 0 aromatic heterocycles. The first kappa shape index (κ1) is 21.1. The molecule has 156 valence electrons. The summed E-state index contributed by atoms with van der Waals surface area (Å²) in [6.45, 7) is 2.95. The number of carbonyl (C=O) groups excluding carboxylic acids is 1. The Labute approximate surface area is 171 Å². The van der Waals surface area contributed by atoms with Gasteiger partial charge in [0.15, 0.2) is 0 Å². The van der Waals surface area contributed by atoms with Crippen LogP contribution in [0.15, 0.2) is 53.4 Å². The van der Waals surface area contributed by atoms with E-state index in [1.165, 1.54) is 4.31 Å². The monoisotopic (exact) mass is 418 g/mol. The van der Waals surface area contributed by atoms with E-state index in [1.54, 1.807) is 55.6 Å². The fourth-order valence-corrected chi connectivity index (χ4v) is 4.87. The van der Waals surface area contributed by atoms with E-state index in [0.717, 1.165) is 0 Å². The number of rotatable bonds is 7. The maximum atomic E-state index is 13.0. The summed E-state index contributed by atoms with van der Waals surface area (Å²) in [7, 11) is -2.10. The second-order valence-electron chi connectivity index (χ2n) is 6.83. The molecule has 2 aromatic rings. The van der Waals surface area contributed by atoms with Crippen LogP contribution in [0.5, 0.6) is 11.5 Å². The molecular formula is C21H26N2O5S. The molecule has 29 heavy (non-hydrogen) atoms. The standard InChI is InChI=1S/C21H26N2O5S/c1-3-28-18-9-11-20(12-10-18)29(25,26)23-13-5-6-16(15-23)21(24)22-17-7-4-8-19(14-17)27-2/h4,7-12,14,16H,3,5-6,13,15H2,1-2H3,(H,22,24)/t16-/m0/s1. The minimum atomic E-state index is -3.67. The molecule has 1 fully saturated rings. The molecular weight excluding hydrogens is 392 g/mol. The summed E-state index contributed by atoms with van der Waals surface area (Å²) in [5, 5.41) is 2.86. The predicted molar refractivity (Wildman–Crippen MR) is 111 cm³/mol. The molecule has 1 heterocycles. The van der Waals surface area contributed by atoms with Crippen molar-refractivity contribution in [2.24, 2.45) is 5.92 Å². The number of ether oxygens (including phenoxy) is 2. The molecule has 2 aromatic carbocycles. The van der Waals surface area contributed by atoms with Gasteiger partial charge in [-0.05, 0) is 56.2 Å². The molecule has 0 aliphatic carbocycles. The molecule has 1 aliphatic rings. The maximum absolute atomic E-state index is 13.0. The summed E-state index contributed by atoms with van der Waals surface area (Å²) < 4.78 is 37.9. The lowest BCUT2D eigenvalue weighted by atomic mass is 9.98. The largest absolute Gasteiger partial charge is 0.497 e. The fraction of sp³-hybridized carbons (Fsp3) is 0.381. The van der Waals surface area contributed by atoms with E-state index >= 15 is 0 Å². The second-order valence-corrected chi connectivity index (χ2v) is 8.77. The van der Waals surface area contributed by atoms with Crippen LogP contribution in [0.25, 0.3) is 0 Å². The van der Waals surface area contributed by atoms with Crippen LogP contribution in [0.1, 0.15) is 19.8 Å². The van der Waals surface area contributed by atoms with E-state index < -0.39 is 15.9 Å². The van der Waals surface area contributed by atoms with Crippen LogP contribution >= 0.6 is 0 Å². The van der Waals surface area contributed by atoms with Gasteiger partial charge in [0, 0.05) is 24.8 Å². The van der Waals surface area contributed by atoms with Crippen molar-refractivity contribution in [3.05, 3.63) is 48.5 Å². The van der Waals surface area contributed by atoms with E-state index in [4.69, 9.17) is 9.47 Å². The first-order chi connectivity index (χ1) is 13.9. The summed E-state index contributed by atoms with van der Waals surface area (Å²) in [5.74, 6) is 0.670. The molecule has 7 nitrogen and oxygen atoms in total. The normalized spacial score (nSPS) is 17.5. The van der Waals surface area contributed by atoms with E-state index in [1.807, 2.05) is 6.92 Å². The van der Waals surface area contributed by atoms with Crippen LogP contribution in [-0.2, 0) is 14.8 Å². The van der Waals surface area contributed by atoms with Gasteiger partial charge < -0.3 is 14.8 Å². The predicted octanol–water partition coefficient (Wildman–Crippen LogP) is 3.13. The van der Waals surface area contributed by atoms with E-state index in [2.05, 4.69) is 5.32 Å². The molecule has 0 spiro atoms. The van der Waals surface area contributed by atoms with Gasteiger partial charge in [0.05, 0.1) is 24.5 Å². The average molecular weight is 419 g/mol. The number of methoxy groups -OCH3 is 1. The van der Waals surface area contributed by atoms with Crippen LogP contribution in [0.4, 0.5) is 5.69 Å². The first-order valence-electron chi connectivity index (χ1n) is 9.62. The van der Waals surface area contributed by atoms with Gasteiger partial charge in [0.25, 0.3) is 0 Å². The Kier molecular flexibility index (Phi) is 6.76. The van der Waals surface area contributed by atoms with Crippen LogP contribution < -0.4 is 14.8 Å². The maximum Gasteiger partial charge on any atom is 0.243 e. The van der Waals surface area contributed by atoms with Crippen molar-refractivity contribution in [1.82, 2.24) is 4.31 Å². The zero-order valence-corrected chi connectivity index (χ0v) is 17.4. The van der Waals surface area contributed by atoms with E-state index in [0.29, 0.717) is 43.2 Å². The Balaban J connectivity index is 1.69. The van der Waals surface area contributed by atoms with Gasteiger partial charge in [-0.2, -0.15) is 4.31 Å². The van der Waals surface area contributed by atoms with Crippen molar-refractivity contribution in [2.75, 3.05) is 32.1 Å². The van der Waals surface area contributed by atoms with Crippen molar-refractivity contribution >= 4 is 21.6 Å². The number of carbonyl (C=O) groups is 1. The number of anilines is 1. The number of nitrogens with zero attached hydrogens (tertiary/aromatic N) is 1. The number of amides is 1. The highest BCUT2D eigenvalue weighted by molar-refractivity contribution is 7.89. The molecule has 0 unspecified atom stereocenters. The van der Waals surface area contributed by atoms with Crippen molar-refractivity contribution in [2.45, 2.75) is 24.7 Å². The van der Waals surface area contributed by atoms with Gasteiger partial charge in [-0.25, -0.2) is 8.42 Å². The van der Waals surface area contributed by atoms with Crippen LogP contribution in [0.3, 0.4) is 0 Å². The molecule has 0 bridgehead atoms. The van der Waals surface area contributed by atoms with Crippen LogP contribution in [0, 0.1) is 5.92 Å². The zero-order chi connectivity index (χ0) is 20.9. The number of benzene rings is 2. The third kappa shape index (κ3) is 5.07. The Bertz CT molecular complexity index is 944. The summed E-state index contributed by atoms with van der Waals surface area (Å²) in [6.07, 6.45) is 1.28. The van der Waals surface area contributed by atoms with Crippen LogP contribution in [-0.4, -0.2) is 45.4 Å². The van der Waals surface area contributed by atoms with Crippen molar-refractivity contribution < 1.29 is 22.7 Å². The Morgan fingerprint density at radius 2 is 1.93 bits per heavy atom. The average Bonchev–Trinajstić information content (AvgIpc) is 2.74. The smallest absolute Gasteiger partial charge is 0.243 e. The number of hydrogen-bond acceptors (Lipinski definition) is 5. The quantitative estimate of drug-likeness (QED) is 0.747. The third-order valence-electron chi connectivity index (χ3n) is 4.86. The van der Waals surface area contributed by atoms with Gasteiger partial charge in [0.1, 0.15) is 11.5 Å². The summed E-state index contributed by atoms with van der Waals surface area (Å²) in [5.41, 5.74) is 0.626. The molecule has 0 saturated carbocycles. The molecule has 3 rings (SSSR count). The Morgan fingerprint density at radius 3 is 2.62 bits per heavy atom. The minimum Gasteiger partial charge on any atom is -0.497 e. The molecule has 1 N–H and O–H groups in total. The highest BCUT2D eigenvalue weighted by atomic mass is 32.2. The van der Waals surface area contributed by atoms with Gasteiger partial charge in [-0.15, -0.1) is 0 Å². The van der Waals surface area contributed by atoms with E-state index in [9.17, 15) is 13.2 Å². The van der Waals surface area contributed by atoms with Crippen molar-refractivity contribution in [3.8, 4) is 11.5 Å². The number of nitrogens with one attached hydrogen (secondary N) is 1. The molecule has 1 saturated heterocycles. The second kappa shape index (κ2) is 9.28. The van der Waals surface area contributed by atoms with Gasteiger partial charge in [-0.3, -0.25) is 4.79 Å². The SMILES string of the molecule is CCOc1ccc(S(=O)(=O)N2CCC[C@H](C(=O)Nc3cccc(OC)c3)C2)cc1. The molecule has 1 atom stereocenters. The minimum absolute atomic E-state index is 0.158. The highest BCUT2D eigenvalue weighted by Crippen LogP contribution is 2.26. The molecule has 0 radical (unpaired) electrons. The summed E-state index contributed by atoms with van der Waals surface area (Å²) in [6, 6.07) is 13.5. The van der Waals surface area contributed by atoms with Gasteiger partial charge in [-0.1, -0.05) is 6.07 Å². The lowest BCUT2D eigenvalue weighted by Gasteiger charge is -2.31. The zero-order valence-electron chi connectivity index (χ0n) is 16.6.